The summed E-state index contributed by atoms with van der Waals surface area (Å²) < 4.78 is 4.62. The second-order valence-corrected chi connectivity index (χ2v) is 2.89. The molecule has 0 fully saturated rings. The number of nitrogens with zero attached hydrogens (tertiary/aromatic N) is 2. The van der Waals surface area contributed by atoms with Crippen molar-refractivity contribution in [3.63, 3.8) is 0 Å². The van der Waals surface area contributed by atoms with E-state index in [2.05, 4.69) is 14.7 Å². The molecule has 2 aromatic heterocycles. The van der Waals surface area contributed by atoms with Crippen molar-refractivity contribution in [1.82, 2.24) is 9.97 Å². The summed E-state index contributed by atoms with van der Waals surface area (Å²) in [5.74, 6) is -0.474. The third-order valence-corrected chi connectivity index (χ3v) is 2.10. The number of esters is 1. The molecule has 1 N–H and O–H groups in total. The number of hydrogen-bond acceptors (Lipinski definition) is 4. The molecule has 5 heteroatoms. The molecular formula is C10H7N3O2. The Morgan fingerprint density at radius 3 is 3.13 bits per heavy atom. The van der Waals surface area contributed by atoms with Gasteiger partial charge in [0.15, 0.2) is 0 Å². The number of rotatable bonds is 1. The second-order valence-electron chi connectivity index (χ2n) is 2.89. The van der Waals surface area contributed by atoms with Crippen molar-refractivity contribution in [1.29, 1.82) is 5.26 Å². The highest BCUT2D eigenvalue weighted by Gasteiger charge is 2.15. The average molecular weight is 201 g/mol. The van der Waals surface area contributed by atoms with Gasteiger partial charge in [-0.25, -0.2) is 9.78 Å². The maximum Gasteiger partial charge on any atom is 0.338 e. The Morgan fingerprint density at radius 1 is 1.67 bits per heavy atom. The van der Waals surface area contributed by atoms with Gasteiger partial charge in [0.25, 0.3) is 0 Å². The standard InChI is InChI=1S/C10H7N3O2/c1-15-10(14)7-2-3-12-9-8(7)6(4-11)5-13-9/h2-3,5H,1H3,(H,12,13). The van der Waals surface area contributed by atoms with Crippen LogP contribution in [-0.2, 0) is 4.74 Å². The van der Waals surface area contributed by atoms with Gasteiger partial charge in [-0.3, -0.25) is 0 Å². The normalized spacial score (nSPS) is 9.87. The SMILES string of the molecule is COC(=O)c1ccnc2[nH]cc(C#N)c12. The predicted molar refractivity (Wildman–Crippen MR) is 52.1 cm³/mol. The molecule has 0 saturated heterocycles. The third-order valence-electron chi connectivity index (χ3n) is 2.10. The van der Waals surface area contributed by atoms with Gasteiger partial charge in [-0.2, -0.15) is 5.26 Å². The summed E-state index contributed by atoms with van der Waals surface area (Å²) in [6.45, 7) is 0. The number of carbonyl (C=O) groups excluding carboxylic acids is 1. The van der Waals surface area contributed by atoms with Gasteiger partial charge < -0.3 is 9.72 Å². The van der Waals surface area contributed by atoms with Crippen LogP contribution in [0.2, 0.25) is 0 Å². The molecule has 0 aliphatic carbocycles. The Bertz CT molecular complexity index is 566. The molecule has 0 spiro atoms. The number of pyridine rings is 1. The predicted octanol–water partition coefficient (Wildman–Crippen LogP) is 1.22. The minimum absolute atomic E-state index is 0.348. The van der Waals surface area contributed by atoms with Gasteiger partial charge in [-0.15, -0.1) is 0 Å². The monoisotopic (exact) mass is 201 g/mol. The Hall–Kier alpha value is -2.35. The highest BCUT2D eigenvalue weighted by atomic mass is 16.5. The van der Waals surface area contributed by atoms with Crippen LogP contribution in [0.1, 0.15) is 15.9 Å². The maximum atomic E-state index is 11.4. The van der Waals surface area contributed by atoms with E-state index in [0.717, 1.165) is 0 Å². The highest BCUT2D eigenvalue weighted by molar-refractivity contribution is 6.04. The zero-order chi connectivity index (χ0) is 10.8. The van der Waals surface area contributed by atoms with E-state index in [1.165, 1.54) is 25.6 Å². The molecule has 2 aromatic rings. The highest BCUT2D eigenvalue weighted by Crippen LogP contribution is 2.20. The molecule has 74 valence electrons. The quantitative estimate of drug-likeness (QED) is 0.703. The zero-order valence-electron chi connectivity index (χ0n) is 7.94. The van der Waals surface area contributed by atoms with Crippen molar-refractivity contribution in [2.45, 2.75) is 0 Å². The van der Waals surface area contributed by atoms with E-state index >= 15 is 0 Å². The molecule has 2 heterocycles. The Morgan fingerprint density at radius 2 is 2.47 bits per heavy atom. The summed E-state index contributed by atoms with van der Waals surface area (Å²) >= 11 is 0. The van der Waals surface area contributed by atoms with E-state index in [9.17, 15) is 4.79 Å². The summed E-state index contributed by atoms with van der Waals surface area (Å²) in [7, 11) is 1.30. The van der Waals surface area contributed by atoms with E-state index in [1.54, 1.807) is 0 Å². The lowest BCUT2D eigenvalue weighted by Crippen LogP contribution is -2.02. The zero-order valence-corrected chi connectivity index (χ0v) is 7.94. The van der Waals surface area contributed by atoms with Crippen molar-refractivity contribution >= 4 is 17.0 Å². The van der Waals surface area contributed by atoms with E-state index < -0.39 is 5.97 Å². The molecule has 0 atom stereocenters. The van der Waals surface area contributed by atoms with Crippen LogP contribution in [-0.4, -0.2) is 23.0 Å². The van der Waals surface area contributed by atoms with Crippen molar-refractivity contribution in [3.05, 3.63) is 29.6 Å². The van der Waals surface area contributed by atoms with Crippen LogP contribution in [0.25, 0.3) is 11.0 Å². The van der Waals surface area contributed by atoms with Crippen molar-refractivity contribution in [3.8, 4) is 6.07 Å². The van der Waals surface area contributed by atoms with Crippen LogP contribution in [0.4, 0.5) is 0 Å². The van der Waals surface area contributed by atoms with Crippen LogP contribution in [0.3, 0.4) is 0 Å². The number of aromatic nitrogens is 2. The summed E-state index contributed by atoms with van der Waals surface area (Å²) in [4.78, 5) is 18.3. The van der Waals surface area contributed by atoms with Gasteiger partial charge in [0.05, 0.1) is 23.6 Å². The van der Waals surface area contributed by atoms with Gasteiger partial charge in [0.1, 0.15) is 11.7 Å². The van der Waals surface area contributed by atoms with Crippen LogP contribution in [0.5, 0.6) is 0 Å². The first-order valence-corrected chi connectivity index (χ1v) is 4.22. The van der Waals surface area contributed by atoms with Crippen LogP contribution in [0, 0.1) is 11.3 Å². The summed E-state index contributed by atoms with van der Waals surface area (Å²) in [6, 6.07) is 3.52. The molecule has 0 aliphatic rings. The van der Waals surface area contributed by atoms with Gasteiger partial charge in [0.2, 0.25) is 0 Å². The molecule has 0 unspecified atom stereocenters. The lowest BCUT2D eigenvalue weighted by atomic mass is 10.1. The molecule has 0 aromatic carbocycles. The summed E-state index contributed by atoms with van der Waals surface area (Å²) in [5.41, 5.74) is 1.24. The summed E-state index contributed by atoms with van der Waals surface area (Å²) in [5, 5.41) is 9.36. The first-order valence-electron chi connectivity index (χ1n) is 4.22. The minimum atomic E-state index is -0.474. The first kappa shape index (κ1) is 9.21. The number of hydrogen-bond donors (Lipinski definition) is 1. The van der Waals surface area contributed by atoms with E-state index in [1.807, 2.05) is 6.07 Å². The molecule has 15 heavy (non-hydrogen) atoms. The number of methoxy groups -OCH3 is 1. The lowest BCUT2D eigenvalue weighted by Gasteiger charge is -2.00. The fraction of sp³-hybridized carbons (Fsp3) is 0.100. The van der Waals surface area contributed by atoms with E-state index in [4.69, 9.17) is 5.26 Å². The molecule has 0 radical (unpaired) electrons. The molecular weight excluding hydrogens is 194 g/mol. The van der Waals surface area contributed by atoms with E-state index in [-0.39, 0.29) is 0 Å². The van der Waals surface area contributed by atoms with Gasteiger partial charge in [-0.1, -0.05) is 0 Å². The average Bonchev–Trinajstić information content (AvgIpc) is 2.70. The van der Waals surface area contributed by atoms with Crippen molar-refractivity contribution in [2.75, 3.05) is 7.11 Å². The lowest BCUT2D eigenvalue weighted by molar-refractivity contribution is 0.0603. The van der Waals surface area contributed by atoms with Crippen LogP contribution < -0.4 is 0 Å². The number of ether oxygens (including phenoxy) is 1. The number of H-pyrrole nitrogens is 1. The van der Waals surface area contributed by atoms with Crippen molar-refractivity contribution in [2.24, 2.45) is 0 Å². The Kier molecular flexibility index (Phi) is 2.10. The second kappa shape index (κ2) is 3.42. The molecule has 5 nitrogen and oxygen atoms in total. The fourth-order valence-corrected chi connectivity index (χ4v) is 1.42. The molecule has 2 rings (SSSR count). The third kappa shape index (κ3) is 1.32. The minimum Gasteiger partial charge on any atom is -0.465 e. The molecule has 0 bridgehead atoms. The fourth-order valence-electron chi connectivity index (χ4n) is 1.42. The number of fused-ring (bicyclic) bond motifs is 1. The van der Waals surface area contributed by atoms with E-state index in [0.29, 0.717) is 22.2 Å². The van der Waals surface area contributed by atoms with Crippen molar-refractivity contribution < 1.29 is 9.53 Å². The Balaban J connectivity index is 2.79. The molecule has 0 amide bonds. The van der Waals surface area contributed by atoms with Crippen LogP contribution in [0.15, 0.2) is 18.5 Å². The van der Waals surface area contributed by atoms with Gasteiger partial charge in [0, 0.05) is 12.4 Å². The molecule has 0 aliphatic heterocycles. The molecule has 0 saturated carbocycles. The van der Waals surface area contributed by atoms with Crippen LogP contribution >= 0.6 is 0 Å². The van der Waals surface area contributed by atoms with Gasteiger partial charge in [-0.05, 0) is 6.07 Å². The topological polar surface area (TPSA) is 78.8 Å². The number of carbonyl (C=O) groups is 1. The number of aromatic amines is 1. The number of nitrogens with one attached hydrogen (secondary N) is 1. The maximum absolute atomic E-state index is 11.4. The first-order chi connectivity index (χ1) is 7.27. The largest absolute Gasteiger partial charge is 0.465 e. The summed E-state index contributed by atoms with van der Waals surface area (Å²) in [6.07, 6.45) is 3.01. The Labute approximate surface area is 85.3 Å². The smallest absolute Gasteiger partial charge is 0.338 e. The number of nitriles is 1. The van der Waals surface area contributed by atoms with Gasteiger partial charge >= 0.3 is 5.97 Å².